The number of anilines is 2. The van der Waals surface area contributed by atoms with Crippen LogP contribution >= 0.6 is 23.8 Å². The molecule has 3 nitrogen and oxygen atoms in total. The Hall–Kier alpha value is -1.78. The van der Waals surface area contributed by atoms with Crippen LogP contribution in [0.25, 0.3) is 0 Å². The normalized spacial score (nSPS) is 10.1. The van der Waals surface area contributed by atoms with Gasteiger partial charge in [0.05, 0.1) is 12.8 Å². The van der Waals surface area contributed by atoms with Crippen LogP contribution in [-0.2, 0) is 0 Å². The first kappa shape index (κ1) is 15.6. The number of hydrogen-bond acceptors (Lipinski definition) is 2. The zero-order chi connectivity index (χ0) is 15.4. The Bertz CT molecular complexity index is 673. The van der Waals surface area contributed by atoms with Crippen molar-refractivity contribution in [3.63, 3.8) is 0 Å². The second-order valence-corrected chi connectivity index (χ2v) is 5.51. The van der Waals surface area contributed by atoms with Gasteiger partial charge in [-0.15, -0.1) is 0 Å². The molecule has 0 aromatic heterocycles. The smallest absolute Gasteiger partial charge is 0.175 e. The number of methoxy groups -OCH3 is 1. The molecular weight excluding hydrogens is 304 g/mol. The summed E-state index contributed by atoms with van der Waals surface area (Å²) in [5.41, 5.74) is 3.79. The number of halogens is 1. The zero-order valence-corrected chi connectivity index (χ0v) is 13.7. The first-order chi connectivity index (χ1) is 10.0. The summed E-state index contributed by atoms with van der Waals surface area (Å²) in [6, 6.07) is 11.5. The van der Waals surface area contributed by atoms with Crippen LogP contribution in [0.3, 0.4) is 0 Å². The molecule has 0 saturated carbocycles. The molecule has 0 aliphatic carbocycles. The van der Waals surface area contributed by atoms with E-state index in [0.29, 0.717) is 10.1 Å². The molecule has 0 heterocycles. The largest absolute Gasteiger partial charge is 0.495 e. The van der Waals surface area contributed by atoms with Crippen molar-refractivity contribution >= 4 is 40.3 Å². The molecule has 0 bridgehead atoms. The maximum atomic E-state index is 6.10. The minimum atomic E-state index is 0.490. The summed E-state index contributed by atoms with van der Waals surface area (Å²) >= 11 is 11.5. The van der Waals surface area contributed by atoms with Gasteiger partial charge >= 0.3 is 0 Å². The Kier molecular flexibility index (Phi) is 5.04. The highest BCUT2D eigenvalue weighted by molar-refractivity contribution is 7.80. The highest BCUT2D eigenvalue weighted by Crippen LogP contribution is 2.26. The minimum absolute atomic E-state index is 0.490. The van der Waals surface area contributed by atoms with Gasteiger partial charge in [0.1, 0.15) is 5.75 Å². The Morgan fingerprint density at radius 2 is 1.81 bits per heavy atom. The van der Waals surface area contributed by atoms with E-state index < -0.39 is 0 Å². The SMILES string of the molecule is COc1ccc(C)cc1NC(=S)Nc1cccc(Cl)c1C. The van der Waals surface area contributed by atoms with Gasteiger partial charge in [0.2, 0.25) is 0 Å². The fourth-order valence-corrected chi connectivity index (χ4v) is 2.33. The fourth-order valence-electron chi connectivity index (χ4n) is 1.94. The molecule has 0 aliphatic rings. The third-order valence-corrected chi connectivity index (χ3v) is 3.73. The molecule has 0 aliphatic heterocycles. The van der Waals surface area contributed by atoms with E-state index in [1.54, 1.807) is 7.11 Å². The third kappa shape index (κ3) is 3.86. The average Bonchev–Trinajstić information content (AvgIpc) is 2.44. The van der Waals surface area contributed by atoms with Gasteiger partial charge in [-0.1, -0.05) is 23.7 Å². The summed E-state index contributed by atoms with van der Waals surface area (Å²) in [6.07, 6.45) is 0. The number of benzene rings is 2. The zero-order valence-electron chi connectivity index (χ0n) is 12.2. The number of nitrogens with one attached hydrogen (secondary N) is 2. The van der Waals surface area contributed by atoms with E-state index in [1.165, 1.54) is 0 Å². The van der Waals surface area contributed by atoms with Crippen LogP contribution in [0, 0.1) is 13.8 Å². The van der Waals surface area contributed by atoms with E-state index in [0.717, 1.165) is 28.3 Å². The average molecular weight is 321 g/mol. The predicted octanol–water partition coefficient (Wildman–Crippen LogP) is 4.77. The maximum absolute atomic E-state index is 6.10. The molecule has 2 aromatic carbocycles. The van der Waals surface area contributed by atoms with Crippen molar-refractivity contribution in [3.8, 4) is 5.75 Å². The van der Waals surface area contributed by atoms with Crippen LogP contribution in [0.4, 0.5) is 11.4 Å². The van der Waals surface area contributed by atoms with E-state index in [2.05, 4.69) is 10.6 Å². The standard InChI is InChI=1S/C16H17ClN2OS/c1-10-7-8-15(20-3)14(9-10)19-16(21)18-13-6-4-5-12(17)11(13)2/h4-9H,1-3H3,(H2,18,19,21). The van der Waals surface area contributed by atoms with E-state index in [1.807, 2.05) is 50.2 Å². The van der Waals surface area contributed by atoms with Crippen molar-refractivity contribution in [2.45, 2.75) is 13.8 Å². The molecule has 0 amide bonds. The molecule has 2 N–H and O–H groups in total. The quantitative estimate of drug-likeness (QED) is 0.798. The number of thiocarbonyl (C=S) groups is 1. The minimum Gasteiger partial charge on any atom is -0.495 e. The lowest BCUT2D eigenvalue weighted by molar-refractivity contribution is 0.417. The maximum Gasteiger partial charge on any atom is 0.175 e. The second kappa shape index (κ2) is 6.78. The van der Waals surface area contributed by atoms with Gasteiger partial charge in [-0.3, -0.25) is 0 Å². The van der Waals surface area contributed by atoms with Crippen LogP contribution in [0.5, 0.6) is 5.75 Å². The van der Waals surface area contributed by atoms with Gasteiger partial charge in [-0.2, -0.15) is 0 Å². The fraction of sp³-hybridized carbons (Fsp3) is 0.188. The van der Waals surface area contributed by atoms with E-state index in [9.17, 15) is 0 Å². The Balaban J connectivity index is 2.15. The van der Waals surface area contributed by atoms with Crippen molar-refractivity contribution in [2.75, 3.05) is 17.7 Å². The van der Waals surface area contributed by atoms with Crippen LogP contribution in [0.1, 0.15) is 11.1 Å². The van der Waals surface area contributed by atoms with Crippen molar-refractivity contribution in [3.05, 3.63) is 52.5 Å². The molecule has 110 valence electrons. The number of rotatable bonds is 3. The third-order valence-electron chi connectivity index (χ3n) is 3.12. The van der Waals surface area contributed by atoms with Gasteiger partial charge in [0.15, 0.2) is 5.11 Å². The van der Waals surface area contributed by atoms with E-state index in [4.69, 9.17) is 28.6 Å². The lowest BCUT2D eigenvalue weighted by Crippen LogP contribution is -2.20. The molecule has 2 aromatic rings. The summed E-state index contributed by atoms with van der Waals surface area (Å²) in [7, 11) is 1.63. The number of aryl methyl sites for hydroxylation is 1. The Morgan fingerprint density at radius 3 is 2.52 bits per heavy atom. The molecule has 5 heteroatoms. The Labute approximate surface area is 135 Å². The number of hydrogen-bond donors (Lipinski definition) is 2. The van der Waals surface area contributed by atoms with Crippen LogP contribution in [0.15, 0.2) is 36.4 Å². The topological polar surface area (TPSA) is 33.3 Å². The van der Waals surface area contributed by atoms with E-state index >= 15 is 0 Å². The van der Waals surface area contributed by atoms with Crippen molar-refractivity contribution < 1.29 is 4.74 Å². The highest BCUT2D eigenvalue weighted by atomic mass is 35.5. The first-order valence-electron chi connectivity index (χ1n) is 6.49. The molecule has 0 fully saturated rings. The molecule has 0 saturated heterocycles. The highest BCUT2D eigenvalue weighted by Gasteiger charge is 2.07. The lowest BCUT2D eigenvalue weighted by atomic mass is 10.2. The van der Waals surface area contributed by atoms with Crippen molar-refractivity contribution in [1.29, 1.82) is 0 Å². The molecule has 0 atom stereocenters. The molecule has 0 spiro atoms. The van der Waals surface area contributed by atoms with Gasteiger partial charge < -0.3 is 15.4 Å². The lowest BCUT2D eigenvalue weighted by Gasteiger charge is -2.15. The summed E-state index contributed by atoms with van der Waals surface area (Å²) in [5.74, 6) is 0.743. The van der Waals surface area contributed by atoms with Crippen molar-refractivity contribution in [2.24, 2.45) is 0 Å². The summed E-state index contributed by atoms with van der Waals surface area (Å²) < 4.78 is 5.32. The van der Waals surface area contributed by atoms with Crippen LogP contribution in [0.2, 0.25) is 5.02 Å². The Morgan fingerprint density at radius 1 is 1.10 bits per heavy atom. The van der Waals surface area contributed by atoms with Crippen LogP contribution in [-0.4, -0.2) is 12.2 Å². The summed E-state index contributed by atoms with van der Waals surface area (Å²) in [5, 5.41) is 7.49. The van der Waals surface area contributed by atoms with Gasteiger partial charge in [-0.05, 0) is 61.5 Å². The predicted molar refractivity (Wildman–Crippen MR) is 93.8 cm³/mol. The number of ether oxygens (including phenoxy) is 1. The summed E-state index contributed by atoms with van der Waals surface area (Å²) in [6.45, 7) is 3.96. The first-order valence-corrected chi connectivity index (χ1v) is 7.27. The van der Waals surface area contributed by atoms with E-state index in [-0.39, 0.29) is 0 Å². The second-order valence-electron chi connectivity index (χ2n) is 4.70. The monoisotopic (exact) mass is 320 g/mol. The van der Waals surface area contributed by atoms with Crippen molar-refractivity contribution in [1.82, 2.24) is 0 Å². The summed E-state index contributed by atoms with van der Waals surface area (Å²) in [4.78, 5) is 0. The van der Waals surface area contributed by atoms with Gasteiger partial charge in [-0.25, -0.2) is 0 Å². The molecule has 0 radical (unpaired) electrons. The molecular formula is C16H17ClN2OS. The van der Waals surface area contributed by atoms with Gasteiger partial charge in [0, 0.05) is 10.7 Å². The molecule has 2 rings (SSSR count). The van der Waals surface area contributed by atoms with Gasteiger partial charge in [0.25, 0.3) is 0 Å². The van der Waals surface area contributed by atoms with Crippen LogP contribution < -0.4 is 15.4 Å². The molecule has 0 unspecified atom stereocenters. The molecule has 21 heavy (non-hydrogen) atoms.